The van der Waals surface area contributed by atoms with Crippen molar-refractivity contribution in [2.24, 2.45) is 0 Å². The van der Waals surface area contributed by atoms with Crippen molar-refractivity contribution in [1.82, 2.24) is 9.88 Å². The van der Waals surface area contributed by atoms with Crippen LogP contribution in [0.25, 0.3) is 10.6 Å². The second kappa shape index (κ2) is 6.16. The van der Waals surface area contributed by atoms with Crippen LogP contribution < -0.4 is 0 Å². The molecule has 0 saturated heterocycles. The van der Waals surface area contributed by atoms with Gasteiger partial charge in [-0.25, -0.2) is 4.98 Å². The summed E-state index contributed by atoms with van der Waals surface area (Å²) >= 11 is 1.41. The number of carbonyl (C=O) groups excluding carboxylic acids is 2. The van der Waals surface area contributed by atoms with Crippen LogP contribution in [0.5, 0.6) is 0 Å². The zero-order valence-corrected chi connectivity index (χ0v) is 14.1. The molecule has 128 valence electrons. The van der Waals surface area contributed by atoms with E-state index >= 15 is 0 Å². The highest BCUT2D eigenvalue weighted by Crippen LogP contribution is 2.32. The summed E-state index contributed by atoms with van der Waals surface area (Å²) in [7, 11) is 0. The third kappa shape index (κ3) is 2.56. The number of nitro benzene ring substituents is 1. The lowest BCUT2D eigenvalue weighted by molar-refractivity contribution is -0.385. The number of nitrogens with zero attached hydrogens (tertiary/aromatic N) is 3. The Kier molecular flexibility index (Phi) is 3.81. The summed E-state index contributed by atoms with van der Waals surface area (Å²) in [6.45, 7) is -0.0210. The molecular formula is C18H11N3O4S. The first-order chi connectivity index (χ1) is 12.6. The van der Waals surface area contributed by atoms with Crippen LogP contribution in [0.2, 0.25) is 0 Å². The number of hydrogen-bond acceptors (Lipinski definition) is 6. The highest BCUT2D eigenvalue weighted by molar-refractivity contribution is 7.13. The molecule has 0 aliphatic carbocycles. The Labute approximate surface area is 151 Å². The van der Waals surface area contributed by atoms with E-state index in [-0.39, 0.29) is 23.4 Å². The molecule has 4 rings (SSSR count). The molecule has 7 nitrogen and oxygen atoms in total. The normalized spacial score (nSPS) is 13.2. The predicted octanol–water partition coefficient (Wildman–Crippen LogP) is 3.51. The third-order valence-corrected chi connectivity index (χ3v) is 5.01. The summed E-state index contributed by atoms with van der Waals surface area (Å²) in [4.78, 5) is 41.1. The fourth-order valence-electron chi connectivity index (χ4n) is 2.87. The molecule has 0 spiro atoms. The molecule has 26 heavy (non-hydrogen) atoms. The molecule has 0 saturated carbocycles. The summed E-state index contributed by atoms with van der Waals surface area (Å²) in [6, 6.07) is 13.6. The molecule has 2 aromatic carbocycles. The molecule has 2 heterocycles. The largest absolute Gasteiger partial charge is 0.282 e. The molecule has 2 amide bonds. The Morgan fingerprint density at radius 2 is 1.81 bits per heavy atom. The lowest BCUT2D eigenvalue weighted by Crippen LogP contribution is -2.29. The molecule has 1 aliphatic rings. The average Bonchev–Trinajstić information content (AvgIpc) is 3.22. The van der Waals surface area contributed by atoms with Crippen molar-refractivity contribution in [3.05, 3.63) is 80.8 Å². The molecule has 8 heteroatoms. The van der Waals surface area contributed by atoms with Crippen LogP contribution in [0.1, 0.15) is 26.4 Å². The quantitative estimate of drug-likeness (QED) is 0.401. The number of rotatable bonds is 4. The van der Waals surface area contributed by atoms with Crippen LogP contribution in [0.4, 0.5) is 5.69 Å². The van der Waals surface area contributed by atoms with Gasteiger partial charge < -0.3 is 0 Å². The van der Waals surface area contributed by atoms with Crippen molar-refractivity contribution in [3.63, 3.8) is 0 Å². The molecule has 0 N–H and O–H groups in total. The van der Waals surface area contributed by atoms with Crippen molar-refractivity contribution in [2.75, 3.05) is 0 Å². The van der Waals surface area contributed by atoms with Gasteiger partial charge in [-0.15, -0.1) is 11.3 Å². The summed E-state index contributed by atoms with van der Waals surface area (Å²) in [5.41, 5.74) is 1.06. The van der Waals surface area contributed by atoms with Gasteiger partial charge in [0, 0.05) is 17.0 Å². The molecule has 0 bridgehead atoms. The van der Waals surface area contributed by atoms with E-state index in [0.29, 0.717) is 5.69 Å². The standard InChI is InChI=1S/C18H11N3O4S/c22-17-13-7-4-8-14(21(24)25)15(13)18(23)20(17)9-12-10-26-16(19-12)11-5-2-1-3-6-11/h1-8,10H,9H2. The molecule has 0 unspecified atom stereocenters. The zero-order valence-electron chi connectivity index (χ0n) is 13.3. The Morgan fingerprint density at radius 1 is 1.04 bits per heavy atom. The maximum atomic E-state index is 12.6. The van der Waals surface area contributed by atoms with Crippen LogP contribution in [0.3, 0.4) is 0 Å². The summed E-state index contributed by atoms with van der Waals surface area (Å²) in [6.07, 6.45) is 0. The van der Waals surface area contributed by atoms with Gasteiger partial charge in [0.15, 0.2) is 0 Å². The number of fused-ring (bicyclic) bond motifs is 1. The number of hydrogen-bond donors (Lipinski definition) is 0. The molecule has 1 aliphatic heterocycles. The molecule has 0 fully saturated rings. The van der Waals surface area contributed by atoms with Gasteiger partial charge in [0.25, 0.3) is 17.5 Å². The summed E-state index contributed by atoms with van der Waals surface area (Å²) in [5, 5.41) is 13.7. The van der Waals surface area contributed by atoms with Crippen molar-refractivity contribution >= 4 is 28.8 Å². The van der Waals surface area contributed by atoms with Gasteiger partial charge in [-0.05, 0) is 6.07 Å². The highest BCUT2D eigenvalue weighted by Gasteiger charge is 2.41. The number of aromatic nitrogens is 1. The lowest BCUT2D eigenvalue weighted by atomic mass is 10.1. The number of nitro groups is 1. The molecule has 0 atom stereocenters. The zero-order chi connectivity index (χ0) is 18.3. The number of benzene rings is 2. The van der Waals surface area contributed by atoms with Gasteiger partial charge in [0.1, 0.15) is 10.6 Å². The predicted molar refractivity (Wildman–Crippen MR) is 94.9 cm³/mol. The second-order valence-electron chi connectivity index (χ2n) is 5.66. The van der Waals surface area contributed by atoms with Gasteiger partial charge in [-0.2, -0.15) is 0 Å². The highest BCUT2D eigenvalue weighted by atomic mass is 32.1. The Balaban J connectivity index is 1.63. The third-order valence-electron chi connectivity index (χ3n) is 4.07. The maximum Gasteiger partial charge on any atom is 0.282 e. The smallest absolute Gasteiger partial charge is 0.269 e. The van der Waals surface area contributed by atoms with Crippen molar-refractivity contribution in [1.29, 1.82) is 0 Å². The van der Waals surface area contributed by atoms with Crippen LogP contribution in [-0.2, 0) is 6.54 Å². The number of imide groups is 1. The van der Waals surface area contributed by atoms with E-state index in [1.807, 2.05) is 30.3 Å². The fourth-order valence-corrected chi connectivity index (χ4v) is 3.68. The summed E-state index contributed by atoms with van der Waals surface area (Å²) < 4.78 is 0. The molecule has 0 radical (unpaired) electrons. The van der Waals surface area contributed by atoms with E-state index in [4.69, 9.17) is 0 Å². The van der Waals surface area contributed by atoms with Gasteiger partial charge in [0.2, 0.25) is 0 Å². The first kappa shape index (κ1) is 16.1. The monoisotopic (exact) mass is 365 g/mol. The topological polar surface area (TPSA) is 93.4 Å². The fraction of sp³-hybridized carbons (Fsp3) is 0.0556. The van der Waals surface area contributed by atoms with Gasteiger partial charge in [-0.1, -0.05) is 36.4 Å². The molecule has 1 aromatic heterocycles. The Morgan fingerprint density at radius 3 is 2.54 bits per heavy atom. The second-order valence-corrected chi connectivity index (χ2v) is 6.52. The first-order valence-corrected chi connectivity index (χ1v) is 8.57. The number of carbonyl (C=O) groups is 2. The SMILES string of the molecule is O=C1c2cccc([N+](=O)[O-])c2C(=O)N1Cc1csc(-c2ccccc2)n1. The molecule has 3 aromatic rings. The molecular weight excluding hydrogens is 354 g/mol. The van der Waals surface area contributed by atoms with E-state index in [1.165, 1.54) is 29.5 Å². The minimum Gasteiger partial charge on any atom is -0.269 e. The number of amides is 2. The number of thiazole rings is 1. The maximum absolute atomic E-state index is 12.6. The van der Waals surface area contributed by atoms with Gasteiger partial charge in [0.05, 0.1) is 22.7 Å². The first-order valence-electron chi connectivity index (χ1n) is 7.69. The van der Waals surface area contributed by atoms with E-state index in [1.54, 1.807) is 5.38 Å². The van der Waals surface area contributed by atoms with Crippen LogP contribution in [0, 0.1) is 10.1 Å². The lowest BCUT2D eigenvalue weighted by Gasteiger charge is -2.11. The van der Waals surface area contributed by atoms with E-state index in [0.717, 1.165) is 15.5 Å². The average molecular weight is 365 g/mol. The van der Waals surface area contributed by atoms with Crippen LogP contribution >= 0.6 is 11.3 Å². The Bertz CT molecular complexity index is 1050. The van der Waals surface area contributed by atoms with Crippen LogP contribution in [0.15, 0.2) is 53.9 Å². The minimum absolute atomic E-state index is 0.0210. The Hall–Kier alpha value is -3.39. The van der Waals surface area contributed by atoms with E-state index < -0.39 is 16.7 Å². The van der Waals surface area contributed by atoms with Gasteiger partial charge in [-0.3, -0.25) is 24.6 Å². The van der Waals surface area contributed by atoms with E-state index in [2.05, 4.69) is 4.98 Å². The van der Waals surface area contributed by atoms with Crippen molar-refractivity contribution < 1.29 is 14.5 Å². The van der Waals surface area contributed by atoms with Crippen molar-refractivity contribution in [2.45, 2.75) is 6.54 Å². The van der Waals surface area contributed by atoms with E-state index in [9.17, 15) is 19.7 Å². The minimum atomic E-state index is -0.661. The summed E-state index contributed by atoms with van der Waals surface area (Å²) in [5.74, 6) is -1.20. The van der Waals surface area contributed by atoms with Gasteiger partial charge >= 0.3 is 0 Å². The van der Waals surface area contributed by atoms with Crippen LogP contribution in [-0.4, -0.2) is 26.6 Å². The van der Waals surface area contributed by atoms with Crippen molar-refractivity contribution in [3.8, 4) is 10.6 Å².